The maximum Gasteiger partial charge on any atom is 0.235 e. The smallest absolute Gasteiger partial charge is 0.235 e. The van der Waals surface area contributed by atoms with Gasteiger partial charge in [0, 0.05) is 29.8 Å². The lowest BCUT2D eigenvalue weighted by Crippen LogP contribution is -2.24. The summed E-state index contributed by atoms with van der Waals surface area (Å²) in [6.45, 7) is 0. The van der Waals surface area contributed by atoms with Gasteiger partial charge in [0.25, 0.3) is 0 Å². The van der Waals surface area contributed by atoms with Crippen LogP contribution < -0.4 is 4.90 Å². The molecule has 0 unspecified atom stereocenters. The van der Waals surface area contributed by atoms with Crippen molar-refractivity contribution in [2.24, 2.45) is 4.99 Å². The maximum atomic E-state index is 10.8. The molecule has 0 N–H and O–H groups in total. The zero-order chi connectivity index (χ0) is 13.2. The lowest BCUT2D eigenvalue weighted by Gasteiger charge is -2.29. The number of aliphatic imine (C=N–C) groups is 1. The normalized spacial score (nSPS) is 17.3. The van der Waals surface area contributed by atoms with Crippen LogP contribution in [-0.2, 0) is 10.3 Å². The van der Waals surface area contributed by atoms with Gasteiger partial charge in [-0.3, -0.25) is 0 Å². The number of hydrogen-bond acceptors (Lipinski definition) is 3. The monoisotopic (exact) mass is 308 g/mol. The molecule has 2 rings (SSSR count). The summed E-state index contributed by atoms with van der Waals surface area (Å²) < 4.78 is 1.02. The molecule has 0 aliphatic heterocycles. The van der Waals surface area contributed by atoms with E-state index >= 15 is 0 Å². The molecule has 0 aromatic heterocycles. The lowest BCUT2D eigenvalue weighted by molar-refractivity contribution is 0.454. The van der Waals surface area contributed by atoms with Crippen molar-refractivity contribution in [3.63, 3.8) is 0 Å². The molecule has 4 heteroatoms. The first kappa shape index (κ1) is 13.3. The number of anilines is 1. The molecule has 0 bridgehead atoms. The molecule has 0 amide bonds. The average Bonchev–Trinajstić information content (AvgIpc) is 2.78. The van der Waals surface area contributed by atoms with E-state index in [9.17, 15) is 4.79 Å². The third-order valence-corrected chi connectivity index (χ3v) is 4.29. The van der Waals surface area contributed by atoms with Crippen molar-refractivity contribution in [2.75, 3.05) is 19.0 Å². The average molecular weight is 309 g/mol. The Morgan fingerprint density at radius 2 is 2.00 bits per heavy atom. The number of halogens is 1. The summed E-state index contributed by atoms with van der Waals surface area (Å²) in [6, 6.07) is 6.10. The largest absolute Gasteiger partial charge is 0.377 e. The molecular formula is C14H17BrN2O. The van der Waals surface area contributed by atoms with Crippen LogP contribution in [0.1, 0.15) is 31.2 Å². The SMILES string of the molecule is CN(C)c1cccc(Br)c1C1(N=C=O)CCCC1. The van der Waals surface area contributed by atoms with Gasteiger partial charge < -0.3 is 4.90 Å². The minimum Gasteiger partial charge on any atom is -0.377 e. The zero-order valence-electron chi connectivity index (χ0n) is 10.7. The van der Waals surface area contributed by atoms with Crippen LogP contribution >= 0.6 is 15.9 Å². The molecule has 1 aliphatic carbocycles. The summed E-state index contributed by atoms with van der Waals surface area (Å²) in [5.74, 6) is 0. The van der Waals surface area contributed by atoms with Gasteiger partial charge in [0.2, 0.25) is 6.08 Å². The van der Waals surface area contributed by atoms with Gasteiger partial charge in [0.1, 0.15) is 5.54 Å². The summed E-state index contributed by atoms with van der Waals surface area (Å²) in [7, 11) is 4.02. The van der Waals surface area contributed by atoms with E-state index in [0.29, 0.717) is 0 Å². The maximum absolute atomic E-state index is 10.8. The fourth-order valence-corrected chi connectivity index (χ4v) is 3.54. The molecule has 0 atom stereocenters. The van der Waals surface area contributed by atoms with Crippen LogP contribution in [0.2, 0.25) is 0 Å². The topological polar surface area (TPSA) is 32.7 Å². The highest BCUT2D eigenvalue weighted by molar-refractivity contribution is 9.10. The minimum atomic E-state index is -0.387. The van der Waals surface area contributed by atoms with Gasteiger partial charge in [0.15, 0.2) is 0 Å². The second kappa shape index (κ2) is 5.25. The first-order valence-corrected chi connectivity index (χ1v) is 6.95. The van der Waals surface area contributed by atoms with Crippen LogP contribution in [0.25, 0.3) is 0 Å². The highest BCUT2D eigenvalue weighted by atomic mass is 79.9. The Morgan fingerprint density at radius 1 is 1.33 bits per heavy atom. The zero-order valence-corrected chi connectivity index (χ0v) is 12.3. The van der Waals surface area contributed by atoms with Gasteiger partial charge in [-0.05, 0) is 25.0 Å². The first-order chi connectivity index (χ1) is 8.60. The molecule has 1 aromatic rings. The predicted molar refractivity (Wildman–Crippen MR) is 76.7 cm³/mol. The Bertz CT molecular complexity index is 487. The minimum absolute atomic E-state index is 0.387. The summed E-state index contributed by atoms with van der Waals surface area (Å²) in [5.41, 5.74) is 1.85. The van der Waals surface area contributed by atoms with E-state index in [1.807, 2.05) is 26.2 Å². The molecule has 0 heterocycles. The van der Waals surface area contributed by atoms with Crippen LogP contribution in [0.5, 0.6) is 0 Å². The molecule has 1 saturated carbocycles. The van der Waals surface area contributed by atoms with Crippen LogP contribution in [-0.4, -0.2) is 20.2 Å². The van der Waals surface area contributed by atoms with Gasteiger partial charge in [-0.15, -0.1) is 0 Å². The van der Waals surface area contributed by atoms with E-state index in [1.165, 1.54) is 0 Å². The highest BCUT2D eigenvalue weighted by Crippen LogP contribution is 2.48. The van der Waals surface area contributed by atoms with E-state index in [-0.39, 0.29) is 5.54 Å². The van der Waals surface area contributed by atoms with Crippen LogP contribution in [0.4, 0.5) is 5.69 Å². The van der Waals surface area contributed by atoms with Crippen molar-refractivity contribution in [1.82, 2.24) is 0 Å². The fourth-order valence-electron chi connectivity index (χ4n) is 2.81. The van der Waals surface area contributed by atoms with Crippen LogP contribution in [0.3, 0.4) is 0 Å². The van der Waals surface area contributed by atoms with E-state index < -0.39 is 0 Å². The summed E-state index contributed by atoms with van der Waals surface area (Å²) in [4.78, 5) is 17.0. The number of nitrogens with zero attached hydrogens (tertiary/aromatic N) is 2. The third kappa shape index (κ3) is 2.23. The Kier molecular flexibility index (Phi) is 3.88. The number of benzene rings is 1. The molecule has 1 fully saturated rings. The van der Waals surface area contributed by atoms with E-state index in [1.54, 1.807) is 6.08 Å². The van der Waals surface area contributed by atoms with Crippen LogP contribution in [0.15, 0.2) is 27.7 Å². The van der Waals surface area contributed by atoms with E-state index in [0.717, 1.165) is 41.4 Å². The molecule has 18 heavy (non-hydrogen) atoms. The van der Waals surface area contributed by atoms with Gasteiger partial charge >= 0.3 is 0 Å². The standard InChI is InChI=1S/C14H17BrN2O/c1-17(2)12-7-5-6-11(15)13(12)14(16-10-18)8-3-4-9-14/h5-7H,3-4,8-9H2,1-2H3. The molecule has 96 valence electrons. The summed E-state index contributed by atoms with van der Waals surface area (Å²) >= 11 is 3.61. The van der Waals surface area contributed by atoms with Crippen molar-refractivity contribution < 1.29 is 4.79 Å². The van der Waals surface area contributed by atoms with Crippen LogP contribution in [0, 0.1) is 0 Å². The van der Waals surface area contributed by atoms with Gasteiger partial charge in [-0.2, -0.15) is 4.99 Å². The molecule has 3 nitrogen and oxygen atoms in total. The second-order valence-electron chi connectivity index (χ2n) is 4.97. The first-order valence-electron chi connectivity index (χ1n) is 6.16. The molecule has 0 saturated heterocycles. The Labute approximate surface area is 116 Å². The Morgan fingerprint density at radius 3 is 2.56 bits per heavy atom. The molecule has 1 aliphatic rings. The van der Waals surface area contributed by atoms with Crippen molar-refractivity contribution in [1.29, 1.82) is 0 Å². The fraction of sp³-hybridized carbons (Fsp3) is 0.500. The molecule has 1 aromatic carbocycles. The Balaban J connectivity index is 2.64. The second-order valence-corrected chi connectivity index (χ2v) is 5.82. The number of hydrogen-bond donors (Lipinski definition) is 0. The van der Waals surface area contributed by atoms with Gasteiger partial charge in [-0.25, -0.2) is 4.79 Å². The van der Waals surface area contributed by atoms with Crippen molar-refractivity contribution >= 4 is 27.7 Å². The highest BCUT2D eigenvalue weighted by Gasteiger charge is 2.39. The third-order valence-electron chi connectivity index (χ3n) is 3.63. The van der Waals surface area contributed by atoms with E-state index in [2.05, 4.69) is 31.9 Å². The van der Waals surface area contributed by atoms with Crippen molar-refractivity contribution in [3.05, 3.63) is 28.2 Å². The van der Waals surface area contributed by atoms with Gasteiger partial charge in [-0.1, -0.05) is 34.8 Å². The lowest BCUT2D eigenvalue weighted by atomic mass is 9.87. The summed E-state index contributed by atoms with van der Waals surface area (Å²) in [6.07, 6.45) is 5.84. The molecule has 0 radical (unpaired) electrons. The van der Waals surface area contributed by atoms with Crippen molar-refractivity contribution in [2.45, 2.75) is 31.2 Å². The Hall–Kier alpha value is -1.12. The number of carbonyl (C=O) groups excluding carboxylic acids is 1. The van der Waals surface area contributed by atoms with E-state index in [4.69, 9.17) is 0 Å². The predicted octanol–water partition coefficient (Wildman–Crippen LogP) is 3.62. The molecular weight excluding hydrogens is 292 g/mol. The number of rotatable bonds is 3. The van der Waals surface area contributed by atoms with Gasteiger partial charge in [0.05, 0.1) is 0 Å². The summed E-state index contributed by atoms with van der Waals surface area (Å²) in [5, 5.41) is 0. The molecule has 0 spiro atoms. The van der Waals surface area contributed by atoms with Crippen molar-refractivity contribution in [3.8, 4) is 0 Å². The quantitative estimate of drug-likeness (QED) is 0.631. The number of isocyanates is 1.